The lowest BCUT2D eigenvalue weighted by atomic mass is 10.2. The van der Waals surface area contributed by atoms with E-state index in [0.717, 1.165) is 16.8 Å². The number of benzene rings is 2. The highest BCUT2D eigenvalue weighted by Crippen LogP contribution is 2.16. The molecular formula is C18H21NO3. The molecule has 2 aromatic rings. The van der Waals surface area contributed by atoms with E-state index >= 15 is 0 Å². The molecule has 1 unspecified atom stereocenters. The number of hydrogen-bond acceptors (Lipinski definition) is 3. The van der Waals surface area contributed by atoms with Gasteiger partial charge in [-0.2, -0.15) is 0 Å². The van der Waals surface area contributed by atoms with E-state index in [-0.39, 0.29) is 5.91 Å². The number of hydrogen-bond donors (Lipinski definition) is 1. The maximum Gasteiger partial charge on any atom is 0.265 e. The molecule has 22 heavy (non-hydrogen) atoms. The van der Waals surface area contributed by atoms with Gasteiger partial charge < -0.3 is 14.8 Å². The van der Waals surface area contributed by atoms with Crippen LogP contribution < -0.4 is 10.1 Å². The summed E-state index contributed by atoms with van der Waals surface area (Å²) in [5.74, 6) is 0.506. The summed E-state index contributed by atoms with van der Waals surface area (Å²) in [6.45, 7) is 4.23. The van der Waals surface area contributed by atoms with Crippen molar-refractivity contribution in [3.05, 3.63) is 59.7 Å². The molecule has 4 nitrogen and oxygen atoms in total. The van der Waals surface area contributed by atoms with Crippen LogP contribution in [0.3, 0.4) is 0 Å². The molecule has 2 aromatic carbocycles. The predicted molar refractivity (Wildman–Crippen MR) is 87.1 cm³/mol. The van der Waals surface area contributed by atoms with Gasteiger partial charge in [0, 0.05) is 12.8 Å². The van der Waals surface area contributed by atoms with E-state index in [1.54, 1.807) is 14.0 Å². The largest absolute Gasteiger partial charge is 0.481 e. The highest BCUT2D eigenvalue weighted by Gasteiger charge is 2.15. The maximum atomic E-state index is 12.2. The highest BCUT2D eigenvalue weighted by atomic mass is 16.5. The third kappa shape index (κ3) is 4.60. The zero-order valence-corrected chi connectivity index (χ0v) is 13.1. The van der Waals surface area contributed by atoms with Gasteiger partial charge in [-0.25, -0.2) is 0 Å². The summed E-state index contributed by atoms with van der Waals surface area (Å²) in [5, 5.41) is 2.86. The first kappa shape index (κ1) is 16.0. The van der Waals surface area contributed by atoms with E-state index in [1.165, 1.54) is 0 Å². The molecule has 1 atom stereocenters. The quantitative estimate of drug-likeness (QED) is 0.887. The normalized spacial score (nSPS) is 11.8. The van der Waals surface area contributed by atoms with Crippen LogP contribution in [0.15, 0.2) is 48.5 Å². The molecule has 0 radical (unpaired) electrons. The van der Waals surface area contributed by atoms with E-state index in [0.29, 0.717) is 12.4 Å². The van der Waals surface area contributed by atoms with Crippen molar-refractivity contribution in [2.45, 2.75) is 26.6 Å². The summed E-state index contributed by atoms with van der Waals surface area (Å²) in [5.41, 5.74) is 2.84. The molecule has 0 spiro atoms. The lowest BCUT2D eigenvalue weighted by molar-refractivity contribution is -0.122. The van der Waals surface area contributed by atoms with Crippen molar-refractivity contribution in [1.82, 2.24) is 0 Å². The number of carbonyl (C=O) groups is 1. The van der Waals surface area contributed by atoms with Crippen LogP contribution in [-0.2, 0) is 16.1 Å². The van der Waals surface area contributed by atoms with Crippen LogP contribution in [-0.4, -0.2) is 19.1 Å². The van der Waals surface area contributed by atoms with E-state index in [9.17, 15) is 4.79 Å². The third-order valence-electron chi connectivity index (χ3n) is 3.18. The summed E-state index contributed by atoms with van der Waals surface area (Å²) in [7, 11) is 1.64. The fraction of sp³-hybridized carbons (Fsp3) is 0.278. The van der Waals surface area contributed by atoms with Gasteiger partial charge in [-0.05, 0) is 49.2 Å². The van der Waals surface area contributed by atoms with Crippen molar-refractivity contribution in [1.29, 1.82) is 0 Å². The molecule has 0 aliphatic heterocycles. The van der Waals surface area contributed by atoms with E-state index in [2.05, 4.69) is 5.32 Å². The van der Waals surface area contributed by atoms with Gasteiger partial charge in [0.1, 0.15) is 5.75 Å². The molecule has 0 heterocycles. The van der Waals surface area contributed by atoms with Gasteiger partial charge in [0.05, 0.1) is 6.61 Å². The van der Waals surface area contributed by atoms with Crippen LogP contribution >= 0.6 is 0 Å². The first-order valence-corrected chi connectivity index (χ1v) is 7.20. The Hall–Kier alpha value is -2.33. The lowest BCUT2D eigenvalue weighted by Gasteiger charge is -2.15. The van der Waals surface area contributed by atoms with Crippen LogP contribution in [0.4, 0.5) is 5.69 Å². The molecule has 2 rings (SSSR count). The molecule has 0 aromatic heterocycles. The molecule has 0 fully saturated rings. The average Bonchev–Trinajstić information content (AvgIpc) is 2.48. The summed E-state index contributed by atoms with van der Waals surface area (Å²) >= 11 is 0. The third-order valence-corrected chi connectivity index (χ3v) is 3.18. The van der Waals surface area contributed by atoms with Gasteiger partial charge >= 0.3 is 0 Å². The van der Waals surface area contributed by atoms with Gasteiger partial charge in [0.25, 0.3) is 5.91 Å². The Labute approximate surface area is 131 Å². The molecule has 1 N–H and O–H groups in total. The average molecular weight is 299 g/mol. The minimum Gasteiger partial charge on any atom is -0.481 e. The van der Waals surface area contributed by atoms with Crippen molar-refractivity contribution >= 4 is 11.6 Å². The minimum absolute atomic E-state index is 0.184. The lowest BCUT2D eigenvalue weighted by Crippen LogP contribution is -2.30. The van der Waals surface area contributed by atoms with E-state index in [4.69, 9.17) is 9.47 Å². The summed E-state index contributed by atoms with van der Waals surface area (Å²) < 4.78 is 10.8. The van der Waals surface area contributed by atoms with Gasteiger partial charge in [0.15, 0.2) is 6.10 Å². The second-order valence-electron chi connectivity index (χ2n) is 5.20. The molecule has 0 aliphatic carbocycles. The van der Waals surface area contributed by atoms with Gasteiger partial charge in [-0.1, -0.05) is 24.3 Å². The predicted octanol–water partition coefficient (Wildman–Crippen LogP) is 3.55. The summed E-state index contributed by atoms with van der Waals surface area (Å²) in [6.07, 6.45) is -0.576. The second kappa shape index (κ2) is 7.61. The second-order valence-corrected chi connectivity index (χ2v) is 5.20. The molecule has 0 aliphatic rings. The van der Waals surface area contributed by atoms with Crippen LogP contribution in [0.25, 0.3) is 0 Å². The fourth-order valence-electron chi connectivity index (χ4n) is 2.10. The van der Waals surface area contributed by atoms with Crippen molar-refractivity contribution in [3.63, 3.8) is 0 Å². The number of rotatable bonds is 6. The summed E-state index contributed by atoms with van der Waals surface area (Å²) in [6, 6.07) is 15.2. The summed E-state index contributed by atoms with van der Waals surface area (Å²) in [4.78, 5) is 12.2. The highest BCUT2D eigenvalue weighted by molar-refractivity contribution is 5.94. The van der Waals surface area contributed by atoms with Crippen LogP contribution in [0.5, 0.6) is 5.75 Å². The van der Waals surface area contributed by atoms with Gasteiger partial charge in [-0.15, -0.1) is 0 Å². The number of carbonyl (C=O) groups excluding carboxylic acids is 1. The Bertz CT molecular complexity index is 640. The SMILES string of the molecule is COCc1cccc(NC(=O)C(C)Oc2cccc(C)c2)c1. The zero-order chi connectivity index (χ0) is 15.9. The number of anilines is 1. The standard InChI is InChI=1S/C18H21NO3/c1-13-6-4-9-17(10-13)22-14(2)18(20)19-16-8-5-7-15(11-16)12-21-3/h4-11,14H,12H2,1-3H3,(H,19,20). The topological polar surface area (TPSA) is 47.6 Å². The number of aryl methyl sites for hydroxylation is 1. The first-order valence-electron chi connectivity index (χ1n) is 7.20. The first-order chi connectivity index (χ1) is 10.6. The Kier molecular flexibility index (Phi) is 5.55. The smallest absolute Gasteiger partial charge is 0.265 e. The maximum absolute atomic E-state index is 12.2. The van der Waals surface area contributed by atoms with Crippen molar-refractivity contribution in [2.75, 3.05) is 12.4 Å². The van der Waals surface area contributed by atoms with Crippen LogP contribution in [0.2, 0.25) is 0 Å². The Morgan fingerprint density at radius 3 is 2.68 bits per heavy atom. The molecule has 0 saturated heterocycles. The van der Waals surface area contributed by atoms with Crippen LogP contribution in [0.1, 0.15) is 18.1 Å². The zero-order valence-electron chi connectivity index (χ0n) is 13.1. The van der Waals surface area contributed by atoms with Crippen molar-refractivity contribution in [2.24, 2.45) is 0 Å². The molecule has 116 valence electrons. The fourth-order valence-corrected chi connectivity index (χ4v) is 2.10. The van der Waals surface area contributed by atoms with Gasteiger partial charge in [-0.3, -0.25) is 4.79 Å². The molecule has 0 saturated carbocycles. The Balaban J connectivity index is 1.97. The Morgan fingerprint density at radius 2 is 1.95 bits per heavy atom. The number of nitrogens with one attached hydrogen (secondary N) is 1. The van der Waals surface area contributed by atoms with Gasteiger partial charge in [0.2, 0.25) is 0 Å². The monoisotopic (exact) mass is 299 g/mol. The van der Waals surface area contributed by atoms with E-state index in [1.807, 2.05) is 55.5 Å². The molecule has 0 bridgehead atoms. The van der Waals surface area contributed by atoms with Crippen LogP contribution in [0, 0.1) is 6.92 Å². The number of ether oxygens (including phenoxy) is 2. The Morgan fingerprint density at radius 1 is 1.18 bits per heavy atom. The molecule has 1 amide bonds. The number of methoxy groups -OCH3 is 1. The minimum atomic E-state index is -0.576. The molecular weight excluding hydrogens is 278 g/mol. The number of amides is 1. The van der Waals surface area contributed by atoms with Crippen molar-refractivity contribution < 1.29 is 14.3 Å². The molecule has 4 heteroatoms. The van der Waals surface area contributed by atoms with E-state index < -0.39 is 6.10 Å². The van der Waals surface area contributed by atoms with Crippen molar-refractivity contribution in [3.8, 4) is 5.75 Å².